The number of nitrogens with zero attached hydrogens (tertiary/aromatic N) is 3. The summed E-state index contributed by atoms with van der Waals surface area (Å²) in [6.45, 7) is 4.55. The van der Waals surface area contributed by atoms with E-state index in [9.17, 15) is 0 Å². The van der Waals surface area contributed by atoms with Crippen molar-refractivity contribution < 1.29 is 0 Å². The second-order valence-electron chi connectivity index (χ2n) is 5.51. The molecule has 4 heteroatoms. The third kappa shape index (κ3) is 2.39. The fourth-order valence-corrected chi connectivity index (χ4v) is 3.24. The SMILES string of the molecule is N#Cc1ccc(N2CCN3CCCCC3C2)cc1N. The van der Waals surface area contributed by atoms with Crippen LogP contribution in [-0.2, 0) is 0 Å². The largest absolute Gasteiger partial charge is 0.398 e. The molecule has 0 radical (unpaired) electrons. The van der Waals surface area contributed by atoms with E-state index in [0.29, 0.717) is 17.3 Å². The standard InChI is InChI=1S/C15H20N4/c16-10-12-4-5-13(9-15(12)17)19-8-7-18-6-2-1-3-14(18)11-19/h4-5,9,14H,1-3,6-8,11,17H2. The molecule has 0 spiro atoms. The number of anilines is 2. The van der Waals surface area contributed by atoms with Crippen molar-refractivity contribution in [1.82, 2.24) is 4.90 Å². The zero-order valence-electron chi connectivity index (χ0n) is 11.2. The van der Waals surface area contributed by atoms with Crippen molar-refractivity contribution in [3.05, 3.63) is 23.8 Å². The van der Waals surface area contributed by atoms with Crippen LogP contribution in [0.2, 0.25) is 0 Å². The third-order valence-electron chi connectivity index (χ3n) is 4.36. The van der Waals surface area contributed by atoms with Gasteiger partial charge in [-0.2, -0.15) is 5.26 Å². The molecule has 2 fully saturated rings. The minimum atomic E-state index is 0.569. The third-order valence-corrected chi connectivity index (χ3v) is 4.36. The normalized spacial score (nSPS) is 23.7. The van der Waals surface area contributed by atoms with Gasteiger partial charge in [-0.15, -0.1) is 0 Å². The summed E-state index contributed by atoms with van der Waals surface area (Å²) < 4.78 is 0. The van der Waals surface area contributed by atoms with E-state index in [4.69, 9.17) is 11.0 Å². The summed E-state index contributed by atoms with van der Waals surface area (Å²) in [5.41, 5.74) is 8.22. The fourth-order valence-electron chi connectivity index (χ4n) is 3.24. The average molecular weight is 256 g/mol. The van der Waals surface area contributed by atoms with Gasteiger partial charge in [-0.1, -0.05) is 6.42 Å². The predicted molar refractivity (Wildman–Crippen MR) is 77.0 cm³/mol. The van der Waals surface area contributed by atoms with Gasteiger partial charge >= 0.3 is 0 Å². The highest BCUT2D eigenvalue weighted by atomic mass is 15.3. The maximum Gasteiger partial charge on any atom is 0.101 e. The van der Waals surface area contributed by atoms with Crippen LogP contribution in [0.15, 0.2) is 18.2 Å². The number of hydrogen-bond donors (Lipinski definition) is 1. The lowest BCUT2D eigenvalue weighted by Gasteiger charge is -2.45. The van der Waals surface area contributed by atoms with Gasteiger partial charge in [0.2, 0.25) is 0 Å². The molecule has 0 aliphatic carbocycles. The first-order valence-electron chi connectivity index (χ1n) is 7.06. The zero-order chi connectivity index (χ0) is 13.2. The summed E-state index contributed by atoms with van der Waals surface area (Å²) in [6, 6.07) is 8.61. The Labute approximate surface area is 114 Å². The number of benzene rings is 1. The molecule has 1 aromatic carbocycles. The van der Waals surface area contributed by atoms with Crippen molar-refractivity contribution in [2.45, 2.75) is 25.3 Å². The Hall–Kier alpha value is -1.73. The van der Waals surface area contributed by atoms with Gasteiger partial charge in [0.05, 0.1) is 11.3 Å². The highest BCUT2D eigenvalue weighted by Crippen LogP contribution is 2.27. The summed E-state index contributed by atoms with van der Waals surface area (Å²) in [5.74, 6) is 0. The summed E-state index contributed by atoms with van der Waals surface area (Å²) >= 11 is 0. The molecule has 0 saturated carbocycles. The number of nitriles is 1. The van der Waals surface area contributed by atoms with E-state index < -0.39 is 0 Å². The molecular weight excluding hydrogens is 236 g/mol. The molecule has 0 bridgehead atoms. The predicted octanol–water partition coefficient (Wildman–Crippen LogP) is 1.81. The van der Waals surface area contributed by atoms with Gasteiger partial charge in [0.15, 0.2) is 0 Å². The van der Waals surface area contributed by atoms with Gasteiger partial charge in [0.25, 0.3) is 0 Å². The Bertz CT molecular complexity index is 505. The van der Waals surface area contributed by atoms with Gasteiger partial charge in [-0.3, -0.25) is 4.90 Å². The Kier molecular flexibility index (Phi) is 3.31. The van der Waals surface area contributed by atoms with E-state index in [1.165, 1.54) is 25.8 Å². The maximum absolute atomic E-state index is 8.92. The zero-order valence-corrected chi connectivity index (χ0v) is 11.2. The molecule has 0 amide bonds. The fraction of sp³-hybridized carbons (Fsp3) is 0.533. The number of nitrogen functional groups attached to an aromatic ring is 1. The summed E-state index contributed by atoms with van der Waals surface area (Å²) in [7, 11) is 0. The molecule has 2 aliphatic rings. The number of piperazine rings is 1. The van der Waals surface area contributed by atoms with Crippen LogP contribution in [0.4, 0.5) is 11.4 Å². The number of hydrogen-bond acceptors (Lipinski definition) is 4. The Balaban J connectivity index is 1.76. The molecule has 2 saturated heterocycles. The van der Waals surface area contributed by atoms with E-state index in [1.54, 1.807) is 0 Å². The lowest BCUT2D eigenvalue weighted by Crippen LogP contribution is -2.54. The van der Waals surface area contributed by atoms with Gasteiger partial charge in [0, 0.05) is 31.4 Å². The second kappa shape index (κ2) is 5.10. The molecule has 1 unspecified atom stereocenters. The molecule has 1 aromatic rings. The summed E-state index contributed by atoms with van der Waals surface area (Å²) in [4.78, 5) is 5.02. The second-order valence-corrected chi connectivity index (χ2v) is 5.51. The molecule has 100 valence electrons. The van der Waals surface area contributed by atoms with E-state index in [2.05, 4.69) is 15.9 Å². The molecule has 3 rings (SSSR count). The highest BCUT2D eigenvalue weighted by Gasteiger charge is 2.28. The first-order chi connectivity index (χ1) is 9.28. The van der Waals surface area contributed by atoms with Crippen molar-refractivity contribution >= 4 is 11.4 Å². The molecule has 1 atom stereocenters. The summed E-state index contributed by atoms with van der Waals surface area (Å²) in [6.07, 6.45) is 4.01. The average Bonchev–Trinajstić information content (AvgIpc) is 2.46. The van der Waals surface area contributed by atoms with Crippen LogP contribution in [0.1, 0.15) is 24.8 Å². The number of fused-ring (bicyclic) bond motifs is 1. The minimum absolute atomic E-state index is 0.569. The van der Waals surface area contributed by atoms with Crippen LogP contribution in [0.25, 0.3) is 0 Å². The topological polar surface area (TPSA) is 56.3 Å². The maximum atomic E-state index is 8.92. The molecule has 0 aromatic heterocycles. The van der Waals surface area contributed by atoms with Crippen molar-refractivity contribution in [2.75, 3.05) is 36.8 Å². The van der Waals surface area contributed by atoms with Gasteiger partial charge in [-0.05, 0) is 37.6 Å². The highest BCUT2D eigenvalue weighted by molar-refractivity contribution is 5.63. The van der Waals surface area contributed by atoms with Crippen LogP contribution in [0, 0.1) is 11.3 Å². The minimum Gasteiger partial charge on any atom is -0.398 e. The van der Waals surface area contributed by atoms with Crippen LogP contribution in [0.3, 0.4) is 0 Å². The number of rotatable bonds is 1. The van der Waals surface area contributed by atoms with Crippen molar-refractivity contribution in [3.63, 3.8) is 0 Å². The van der Waals surface area contributed by atoms with Crippen molar-refractivity contribution in [3.8, 4) is 6.07 Å². The summed E-state index contributed by atoms with van der Waals surface area (Å²) in [5, 5.41) is 8.92. The van der Waals surface area contributed by atoms with E-state index in [0.717, 1.165) is 25.3 Å². The Morgan fingerprint density at radius 1 is 1.21 bits per heavy atom. The molecular formula is C15H20N4. The lowest BCUT2D eigenvalue weighted by atomic mass is 9.99. The van der Waals surface area contributed by atoms with Crippen LogP contribution >= 0.6 is 0 Å². The van der Waals surface area contributed by atoms with Gasteiger partial charge in [0.1, 0.15) is 6.07 Å². The van der Waals surface area contributed by atoms with Crippen LogP contribution < -0.4 is 10.6 Å². The Morgan fingerprint density at radius 3 is 2.89 bits per heavy atom. The van der Waals surface area contributed by atoms with E-state index in [-0.39, 0.29) is 0 Å². The first kappa shape index (κ1) is 12.3. The van der Waals surface area contributed by atoms with Gasteiger partial charge in [-0.25, -0.2) is 0 Å². The monoisotopic (exact) mass is 256 g/mol. The van der Waals surface area contributed by atoms with Crippen molar-refractivity contribution in [2.24, 2.45) is 0 Å². The molecule has 19 heavy (non-hydrogen) atoms. The Morgan fingerprint density at radius 2 is 2.11 bits per heavy atom. The van der Waals surface area contributed by atoms with E-state index in [1.807, 2.05) is 18.2 Å². The first-order valence-corrected chi connectivity index (χ1v) is 7.06. The van der Waals surface area contributed by atoms with Gasteiger partial charge < -0.3 is 10.6 Å². The smallest absolute Gasteiger partial charge is 0.101 e. The number of nitrogens with two attached hydrogens (primary N) is 1. The molecule has 4 nitrogen and oxygen atoms in total. The molecule has 2 N–H and O–H groups in total. The molecule has 2 heterocycles. The number of piperidine rings is 1. The van der Waals surface area contributed by atoms with Crippen LogP contribution in [-0.4, -0.2) is 37.1 Å². The van der Waals surface area contributed by atoms with E-state index >= 15 is 0 Å². The van der Waals surface area contributed by atoms with Crippen molar-refractivity contribution in [1.29, 1.82) is 5.26 Å². The quantitative estimate of drug-likeness (QED) is 0.779. The molecule has 2 aliphatic heterocycles. The van der Waals surface area contributed by atoms with Crippen LogP contribution in [0.5, 0.6) is 0 Å². The lowest BCUT2D eigenvalue weighted by molar-refractivity contribution is 0.133.